The Kier molecular flexibility index (Phi) is 4.19. The van der Waals surface area contributed by atoms with Crippen LogP contribution in [0.25, 0.3) is 0 Å². The summed E-state index contributed by atoms with van der Waals surface area (Å²) in [5, 5.41) is 23.5. The highest BCUT2D eigenvalue weighted by atomic mass is 16.6. The first kappa shape index (κ1) is 16.1. The number of nitrogens with one attached hydrogen (secondary N) is 1. The number of amides is 1. The molecule has 6 nitrogen and oxygen atoms in total. The molecule has 20 heavy (non-hydrogen) atoms. The minimum atomic E-state index is -1.10. The molecule has 0 aliphatic heterocycles. The van der Waals surface area contributed by atoms with Crippen LogP contribution in [0.15, 0.2) is 18.2 Å². The van der Waals surface area contributed by atoms with E-state index in [2.05, 4.69) is 5.32 Å². The molecule has 0 radical (unpaired) electrons. The van der Waals surface area contributed by atoms with E-state index < -0.39 is 16.1 Å². The fourth-order valence-corrected chi connectivity index (χ4v) is 1.51. The van der Waals surface area contributed by atoms with Crippen LogP contribution in [0.2, 0.25) is 0 Å². The number of aryl methyl sites for hydroxylation is 1. The van der Waals surface area contributed by atoms with E-state index in [1.807, 2.05) is 0 Å². The average molecular weight is 280 g/mol. The predicted octanol–water partition coefficient (Wildman–Crippen LogP) is 2.18. The van der Waals surface area contributed by atoms with E-state index in [0.29, 0.717) is 11.1 Å². The molecular weight excluding hydrogens is 260 g/mol. The number of nitro groups is 1. The van der Waals surface area contributed by atoms with Crippen LogP contribution in [0.5, 0.6) is 0 Å². The summed E-state index contributed by atoms with van der Waals surface area (Å²) < 4.78 is 0. The smallest absolute Gasteiger partial charge is 0.272 e. The number of aliphatic hydroxyl groups is 1. The number of hydrogen-bond donors (Lipinski definition) is 2. The van der Waals surface area contributed by atoms with Gasteiger partial charge in [0, 0.05) is 17.2 Å². The Balaban J connectivity index is 3.00. The van der Waals surface area contributed by atoms with Gasteiger partial charge in [-0.2, -0.15) is 0 Å². The lowest BCUT2D eigenvalue weighted by molar-refractivity contribution is -0.385. The zero-order valence-electron chi connectivity index (χ0n) is 12.4. The van der Waals surface area contributed by atoms with Gasteiger partial charge >= 0.3 is 0 Å². The zero-order chi connectivity index (χ0) is 15.7. The van der Waals surface area contributed by atoms with Crippen LogP contribution in [-0.2, 0) is 0 Å². The van der Waals surface area contributed by atoms with E-state index in [0.717, 1.165) is 0 Å². The summed E-state index contributed by atoms with van der Waals surface area (Å²) in [5.41, 5.74) is -1.21. The van der Waals surface area contributed by atoms with Crippen molar-refractivity contribution in [3.8, 4) is 0 Å². The molecule has 2 N–H and O–H groups in total. The van der Waals surface area contributed by atoms with Gasteiger partial charge in [0.1, 0.15) is 0 Å². The number of benzene rings is 1. The van der Waals surface area contributed by atoms with Gasteiger partial charge in [0.25, 0.3) is 11.6 Å². The Hall–Kier alpha value is -1.95. The van der Waals surface area contributed by atoms with Crippen LogP contribution in [-0.4, -0.2) is 27.1 Å². The summed E-state index contributed by atoms with van der Waals surface area (Å²) in [7, 11) is 0. The minimum Gasteiger partial charge on any atom is -0.388 e. The second-order valence-corrected chi connectivity index (χ2v) is 5.90. The molecule has 0 atom stereocenters. The first-order valence-corrected chi connectivity index (χ1v) is 6.25. The van der Waals surface area contributed by atoms with Crippen molar-refractivity contribution in [3.05, 3.63) is 39.4 Å². The standard InChI is InChI=1S/C14H20N2O4/c1-9-8-10(6-7-11(9)16(19)20)12(17)15-13(2,3)14(4,5)18/h6-8,18H,1-5H3,(H,15,17). The molecule has 0 aromatic heterocycles. The van der Waals surface area contributed by atoms with Crippen molar-refractivity contribution in [2.24, 2.45) is 0 Å². The van der Waals surface area contributed by atoms with Gasteiger partial charge in [-0.15, -0.1) is 0 Å². The Bertz CT molecular complexity index is 545. The highest BCUT2D eigenvalue weighted by molar-refractivity contribution is 5.95. The molecule has 0 saturated heterocycles. The van der Waals surface area contributed by atoms with Gasteiger partial charge in [0.15, 0.2) is 0 Å². The predicted molar refractivity (Wildman–Crippen MR) is 75.7 cm³/mol. The van der Waals surface area contributed by atoms with E-state index >= 15 is 0 Å². The van der Waals surface area contributed by atoms with Crippen molar-refractivity contribution in [1.82, 2.24) is 5.32 Å². The van der Waals surface area contributed by atoms with Crippen molar-refractivity contribution >= 4 is 11.6 Å². The normalized spacial score (nSPS) is 12.1. The number of nitro benzene ring substituents is 1. The van der Waals surface area contributed by atoms with E-state index in [1.54, 1.807) is 34.6 Å². The maximum Gasteiger partial charge on any atom is 0.272 e. The third-order valence-corrected chi connectivity index (χ3v) is 3.61. The van der Waals surface area contributed by atoms with Crippen molar-refractivity contribution in [2.45, 2.75) is 45.8 Å². The Labute approximate surface area is 118 Å². The summed E-state index contributed by atoms with van der Waals surface area (Å²) in [6, 6.07) is 4.18. The Morgan fingerprint density at radius 3 is 2.25 bits per heavy atom. The van der Waals surface area contributed by atoms with Crippen molar-refractivity contribution in [1.29, 1.82) is 0 Å². The summed E-state index contributed by atoms with van der Waals surface area (Å²) in [5.74, 6) is -0.380. The average Bonchev–Trinajstić information content (AvgIpc) is 2.25. The van der Waals surface area contributed by atoms with Gasteiger partial charge in [0.05, 0.1) is 16.1 Å². The molecule has 1 amide bonds. The zero-order valence-corrected chi connectivity index (χ0v) is 12.4. The molecule has 1 aromatic carbocycles. The maximum absolute atomic E-state index is 12.1. The molecule has 0 heterocycles. The summed E-state index contributed by atoms with van der Waals surface area (Å²) in [6.45, 7) is 8.21. The van der Waals surface area contributed by atoms with Gasteiger partial charge in [0.2, 0.25) is 0 Å². The van der Waals surface area contributed by atoms with Gasteiger partial charge in [-0.3, -0.25) is 14.9 Å². The van der Waals surface area contributed by atoms with Crippen molar-refractivity contribution < 1.29 is 14.8 Å². The van der Waals surface area contributed by atoms with Crippen molar-refractivity contribution in [2.75, 3.05) is 0 Å². The number of carbonyl (C=O) groups is 1. The number of carbonyl (C=O) groups excluding carboxylic acids is 1. The summed E-state index contributed by atoms with van der Waals surface area (Å²) in [6.07, 6.45) is 0. The Morgan fingerprint density at radius 1 is 1.30 bits per heavy atom. The largest absolute Gasteiger partial charge is 0.388 e. The molecule has 0 unspecified atom stereocenters. The molecule has 110 valence electrons. The number of rotatable bonds is 4. The molecule has 0 aliphatic rings. The van der Waals surface area contributed by atoms with E-state index in [4.69, 9.17) is 0 Å². The molecule has 0 bridgehead atoms. The van der Waals surface area contributed by atoms with Gasteiger partial charge in [-0.25, -0.2) is 0 Å². The van der Waals surface area contributed by atoms with Gasteiger partial charge < -0.3 is 10.4 Å². The molecule has 0 spiro atoms. The molecule has 0 fully saturated rings. The van der Waals surface area contributed by atoms with Crippen LogP contribution in [0, 0.1) is 17.0 Å². The Morgan fingerprint density at radius 2 is 1.85 bits per heavy atom. The quantitative estimate of drug-likeness (QED) is 0.653. The lowest BCUT2D eigenvalue weighted by atomic mass is 9.85. The van der Waals surface area contributed by atoms with Crippen LogP contribution >= 0.6 is 0 Å². The molecule has 1 rings (SSSR count). The minimum absolute atomic E-state index is 0.0247. The number of hydrogen-bond acceptors (Lipinski definition) is 4. The van der Waals surface area contributed by atoms with Gasteiger partial charge in [-0.1, -0.05) is 0 Å². The van der Waals surface area contributed by atoms with Crippen LogP contribution in [0.3, 0.4) is 0 Å². The fourth-order valence-electron chi connectivity index (χ4n) is 1.51. The molecule has 6 heteroatoms. The molecule has 0 saturated carbocycles. The summed E-state index contributed by atoms with van der Waals surface area (Å²) >= 11 is 0. The number of nitrogens with zero attached hydrogens (tertiary/aromatic N) is 1. The van der Waals surface area contributed by atoms with Crippen molar-refractivity contribution in [3.63, 3.8) is 0 Å². The fraction of sp³-hybridized carbons (Fsp3) is 0.500. The highest BCUT2D eigenvalue weighted by Crippen LogP contribution is 2.23. The second kappa shape index (κ2) is 5.20. The van der Waals surface area contributed by atoms with Crippen LogP contribution < -0.4 is 5.32 Å². The maximum atomic E-state index is 12.1. The highest BCUT2D eigenvalue weighted by Gasteiger charge is 2.36. The summed E-state index contributed by atoms with van der Waals surface area (Å²) in [4.78, 5) is 22.4. The van der Waals surface area contributed by atoms with Gasteiger partial charge in [-0.05, 0) is 46.8 Å². The first-order chi connectivity index (χ1) is 8.95. The van der Waals surface area contributed by atoms with E-state index in [-0.39, 0.29) is 11.6 Å². The van der Waals surface area contributed by atoms with E-state index in [9.17, 15) is 20.0 Å². The van der Waals surface area contributed by atoms with Crippen LogP contribution in [0.4, 0.5) is 5.69 Å². The monoisotopic (exact) mass is 280 g/mol. The first-order valence-electron chi connectivity index (χ1n) is 6.25. The lowest BCUT2D eigenvalue weighted by Crippen LogP contribution is -2.57. The molecule has 0 aliphatic carbocycles. The topological polar surface area (TPSA) is 92.5 Å². The van der Waals surface area contributed by atoms with E-state index in [1.165, 1.54) is 18.2 Å². The second-order valence-electron chi connectivity index (χ2n) is 5.90. The third kappa shape index (κ3) is 3.33. The van der Waals surface area contributed by atoms with Crippen LogP contribution in [0.1, 0.15) is 43.6 Å². The molecule has 1 aromatic rings. The third-order valence-electron chi connectivity index (χ3n) is 3.61. The molecular formula is C14H20N2O4. The SMILES string of the molecule is Cc1cc(C(=O)NC(C)(C)C(C)(C)O)ccc1[N+](=O)[O-]. The lowest BCUT2D eigenvalue weighted by Gasteiger charge is -2.38.